The molecule has 1 spiro atoms. The van der Waals surface area contributed by atoms with Crippen LogP contribution in [0.4, 0.5) is 0 Å². The number of amides is 2. The molecule has 2 bridgehead atoms. The zero-order chi connectivity index (χ0) is 22.2. The van der Waals surface area contributed by atoms with E-state index in [1.165, 1.54) is 0 Å². The molecule has 3 heterocycles. The first-order valence-electron chi connectivity index (χ1n) is 10.9. The lowest BCUT2D eigenvalue weighted by molar-refractivity contribution is -0.154. The van der Waals surface area contributed by atoms with Crippen molar-refractivity contribution in [3.63, 3.8) is 0 Å². The van der Waals surface area contributed by atoms with Gasteiger partial charge < -0.3 is 20.1 Å². The number of thioether (sulfide) groups is 1. The number of carbonyl (C=O) groups is 3. The van der Waals surface area contributed by atoms with Gasteiger partial charge in [0.2, 0.25) is 11.8 Å². The molecular formula is C21H33BrN2O5S. The molecule has 7 nitrogen and oxygen atoms in total. The van der Waals surface area contributed by atoms with Crippen LogP contribution in [0, 0.1) is 17.8 Å². The predicted molar refractivity (Wildman–Crippen MR) is 119 cm³/mol. The van der Waals surface area contributed by atoms with Crippen LogP contribution in [0.5, 0.6) is 0 Å². The molecule has 170 valence electrons. The lowest BCUT2D eigenvalue weighted by Crippen LogP contribution is -2.58. The Morgan fingerprint density at radius 1 is 1.40 bits per heavy atom. The molecular weight excluding hydrogens is 472 g/mol. The highest BCUT2D eigenvalue weighted by atomic mass is 79.9. The molecule has 7 atom stereocenters. The Labute approximate surface area is 191 Å². The number of esters is 1. The molecule has 2 amide bonds. The first-order chi connectivity index (χ1) is 14.2. The highest BCUT2D eigenvalue weighted by molar-refractivity contribution is 9.09. The predicted octanol–water partition coefficient (Wildman–Crippen LogP) is 1.95. The Morgan fingerprint density at radius 3 is 2.67 bits per heavy atom. The molecule has 9 heteroatoms. The van der Waals surface area contributed by atoms with Gasteiger partial charge in [-0.25, -0.2) is 0 Å². The zero-order valence-corrected chi connectivity index (χ0v) is 20.5. The van der Waals surface area contributed by atoms with Crippen LogP contribution in [-0.2, 0) is 19.1 Å². The number of unbranched alkanes of at least 4 members (excludes halogenated alkanes) is 1. The summed E-state index contributed by atoms with van der Waals surface area (Å²) in [5.41, 5.74) is 0. The highest BCUT2D eigenvalue weighted by Gasteiger charge is 2.76. The van der Waals surface area contributed by atoms with Crippen molar-refractivity contribution < 1.29 is 24.2 Å². The summed E-state index contributed by atoms with van der Waals surface area (Å²) in [6, 6.07) is -1.18. The minimum Gasteiger partial charge on any atom is -0.466 e. The van der Waals surface area contributed by atoms with Gasteiger partial charge in [-0.05, 0) is 25.7 Å². The largest absolute Gasteiger partial charge is 0.466 e. The van der Waals surface area contributed by atoms with Crippen LogP contribution >= 0.6 is 27.7 Å². The summed E-state index contributed by atoms with van der Waals surface area (Å²) in [6.07, 6.45) is 2.45. The van der Waals surface area contributed by atoms with Crippen molar-refractivity contribution in [2.24, 2.45) is 17.8 Å². The van der Waals surface area contributed by atoms with E-state index in [0.29, 0.717) is 13.0 Å². The van der Waals surface area contributed by atoms with Crippen molar-refractivity contribution in [1.82, 2.24) is 10.2 Å². The zero-order valence-electron chi connectivity index (χ0n) is 18.1. The van der Waals surface area contributed by atoms with Gasteiger partial charge in [-0.1, -0.05) is 43.1 Å². The van der Waals surface area contributed by atoms with E-state index in [-0.39, 0.29) is 47.0 Å². The van der Waals surface area contributed by atoms with Crippen LogP contribution in [-0.4, -0.2) is 74.5 Å². The number of likely N-dealkylation sites (tertiary alicyclic amines) is 1. The van der Waals surface area contributed by atoms with Crippen molar-refractivity contribution in [1.29, 1.82) is 0 Å². The summed E-state index contributed by atoms with van der Waals surface area (Å²) in [4.78, 5) is 41.6. The quantitative estimate of drug-likeness (QED) is 0.283. The first kappa shape index (κ1) is 23.9. The van der Waals surface area contributed by atoms with Gasteiger partial charge in [0, 0.05) is 16.6 Å². The summed E-state index contributed by atoms with van der Waals surface area (Å²) < 4.78 is 4.64. The third kappa shape index (κ3) is 3.68. The third-order valence-electron chi connectivity index (χ3n) is 6.68. The van der Waals surface area contributed by atoms with Gasteiger partial charge in [0.1, 0.15) is 6.04 Å². The van der Waals surface area contributed by atoms with Crippen molar-refractivity contribution in [2.75, 3.05) is 19.8 Å². The number of nitrogens with one attached hydrogen (secondary N) is 1. The van der Waals surface area contributed by atoms with E-state index in [0.717, 1.165) is 12.8 Å². The summed E-state index contributed by atoms with van der Waals surface area (Å²) >= 11 is 5.30. The van der Waals surface area contributed by atoms with Crippen LogP contribution < -0.4 is 5.32 Å². The van der Waals surface area contributed by atoms with Crippen LogP contribution in [0.2, 0.25) is 0 Å². The molecule has 3 rings (SSSR count). The van der Waals surface area contributed by atoms with Crippen molar-refractivity contribution in [2.45, 2.75) is 73.9 Å². The van der Waals surface area contributed by atoms with Crippen molar-refractivity contribution in [3.05, 3.63) is 0 Å². The SMILES string of the molecule is CCCCNC(=O)C1N([C@@H](CO)C(C)C)C(=O)[C@@H]2[C@@H](C(=O)OCC)[C@@H]3SC12CC3Br. The fourth-order valence-electron chi connectivity index (χ4n) is 5.34. The molecule has 3 aliphatic rings. The molecule has 0 aromatic heterocycles. The van der Waals surface area contributed by atoms with Gasteiger partial charge in [-0.15, -0.1) is 11.8 Å². The number of aliphatic hydroxyl groups excluding tert-OH is 1. The van der Waals surface area contributed by atoms with Gasteiger partial charge in [0.05, 0.1) is 35.8 Å². The minimum absolute atomic E-state index is 0.0249. The number of aliphatic hydroxyl groups is 1. The number of nitrogens with zero attached hydrogens (tertiary/aromatic N) is 1. The van der Waals surface area contributed by atoms with Crippen molar-refractivity contribution >= 4 is 45.5 Å². The van der Waals surface area contributed by atoms with E-state index in [2.05, 4.69) is 28.2 Å². The maximum Gasteiger partial charge on any atom is 0.310 e. The monoisotopic (exact) mass is 504 g/mol. The summed E-state index contributed by atoms with van der Waals surface area (Å²) in [7, 11) is 0. The van der Waals surface area contributed by atoms with Gasteiger partial charge in [-0.2, -0.15) is 0 Å². The maximum absolute atomic E-state index is 13.7. The highest BCUT2D eigenvalue weighted by Crippen LogP contribution is 2.68. The minimum atomic E-state index is -0.708. The molecule has 2 N–H and O–H groups in total. The molecule has 3 saturated heterocycles. The fourth-order valence-corrected chi connectivity index (χ4v) is 8.92. The lowest BCUT2D eigenvalue weighted by atomic mass is 9.71. The van der Waals surface area contributed by atoms with Crippen molar-refractivity contribution in [3.8, 4) is 0 Å². The molecule has 3 unspecified atom stereocenters. The normalized spacial score (nSPS) is 35.6. The first-order valence-corrected chi connectivity index (χ1v) is 12.7. The van der Waals surface area contributed by atoms with E-state index in [1.807, 2.05) is 13.8 Å². The van der Waals surface area contributed by atoms with Crippen LogP contribution in [0.1, 0.15) is 47.0 Å². The number of fused-ring (bicyclic) bond motifs is 1. The topological polar surface area (TPSA) is 95.9 Å². The summed E-state index contributed by atoms with van der Waals surface area (Å²) in [5, 5.41) is 13.0. The van der Waals surface area contributed by atoms with Crippen LogP contribution in [0.15, 0.2) is 0 Å². The molecule has 3 fully saturated rings. The number of hydrogen-bond acceptors (Lipinski definition) is 6. The fraction of sp³-hybridized carbons (Fsp3) is 0.857. The second-order valence-electron chi connectivity index (χ2n) is 8.80. The van der Waals surface area contributed by atoms with E-state index in [9.17, 15) is 19.5 Å². The molecule has 0 saturated carbocycles. The average Bonchev–Trinajstić information content (AvgIpc) is 3.27. The molecule has 30 heavy (non-hydrogen) atoms. The molecule has 0 aromatic carbocycles. The van der Waals surface area contributed by atoms with E-state index >= 15 is 0 Å². The molecule has 0 radical (unpaired) electrons. The second kappa shape index (κ2) is 9.36. The molecule has 0 aliphatic carbocycles. The smallest absolute Gasteiger partial charge is 0.310 e. The Bertz CT molecular complexity index is 692. The van der Waals surface area contributed by atoms with E-state index < -0.39 is 28.7 Å². The Balaban J connectivity index is 2.04. The number of carbonyl (C=O) groups excluding carboxylic acids is 3. The Kier molecular flexibility index (Phi) is 7.45. The summed E-state index contributed by atoms with van der Waals surface area (Å²) in [6.45, 7) is 8.27. The third-order valence-corrected chi connectivity index (χ3v) is 9.90. The van der Waals surface area contributed by atoms with E-state index in [4.69, 9.17) is 4.74 Å². The van der Waals surface area contributed by atoms with Crippen LogP contribution in [0.3, 0.4) is 0 Å². The Hall–Kier alpha value is -0.800. The summed E-state index contributed by atoms with van der Waals surface area (Å²) in [5.74, 6) is -1.96. The van der Waals surface area contributed by atoms with Gasteiger partial charge in [0.25, 0.3) is 0 Å². The van der Waals surface area contributed by atoms with Gasteiger partial charge in [0.15, 0.2) is 0 Å². The van der Waals surface area contributed by atoms with E-state index in [1.54, 1.807) is 23.6 Å². The maximum atomic E-state index is 13.7. The second-order valence-corrected chi connectivity index (χ2v) is 11.5. The van der Waals surface area contributed by atoms with Gasteiger partial charge in [-0.3, -0.25) is 14.4 Å². The number of rotatable bonds is 9. The number of halogens is 1. The number of hydrogen-bond donors (Lipinski definition) is 2. The average molecular weight is 505 g/mol. The standard InChI is InChI=1S/C21H33BrN2O5S/c1-5-7-8-23-18(26)17-21-9-12(22)16(30-21)14(20(28)29-6-2)15(21)19(27)24(17)13(10-25)11(3)4/h11-17,25H,5-10H2,1-4H3,(H,23,26)/t12?,13-,14+,15-,16+,17?,21?/m0/s1. The number of ether oxygens (including phenoxy) is 1. The van der Waals surface area contributed by atoms with Crippen LogP contribution in [0.25, 0.3) is 0 Å². The molecule has 0 aromatic rings. The lowest BCUT2D eigenvalue weighted by Gasteiger charge is -2.38. The molecule has 3 aliphatic heterocycles. The Morgan fingerprint density at radius 2 is 2.10 bits per heavy atom. The van der Waals surface area contributed by atoms with Gasteiger partial charge >= 0.3 is 5.97 Å². The number of alkyl halides is 1.